The average Bonchev–Trinajstić information content (AvgIpc) is 2.64. The topological polar surface area (TPSA) is 108 Å². The number of hydrogen-bond acceptors (Lipinski definition) is 7. The number of esters is 3. The van der Waals surface area contributed by atoms with Crippen molar-refractivity contribution < 1.29 is 33.4 Å². The van der Waals surface area contributed by atoms with Crippen LogP contribution in [0.4, 0.5) is 0 Å². The summed E-state index contributed by atoms with van der Waals surface area (Å²) in [5, 5.41) is 2.71. The van der Waals surface area contributed by atoms with Crippen LogP contribution in [-0.2, 0) is 33.4 Å². The number of ether oxygens (including phenoxy) is 3. The maximum absolute atomic E-state index is 12.7. The zero-order valence-corrected chi connectivity index (χ0v) is 18.5. The smallest absolute Gasteiger partial charge is 0.306 e. The first-order valence-electron chi connectivity index (χ1n) is 10.5. The Morgan fingerprint density at radius 3 is 1.90 bits per heavy atom. The number of nitrogens with one attached hydrogen (secondary N) is 1. The normalized spacial score (nSPS) is 12.0. The van der Waals surface area contributed by atoms with Gasteiger partial charge in [-0.3, -0.25) is 19.2 Å². The molecular weight excluding hydrogens is 378 g/mol. The Labute approximate surface area is 174 Å². The molecule has 0 aromatic rings. The van der Waals surface area contributed by atoms with Gasteiger partial charge in [-0.1, -0.05) is 34.6 Å². The highest BCUT2D eigenvalue weighted by molar-refractivity contribution is 5.84. The SMILES string of the molecule is CCCC(=O)OCCCNC(=O)C(OC(=O)CCC)C(C)(C)COC(=O)CCC. The van der Waals surface area contributed by atoms with Crippen molar-refractivity contribution in [2.45, 2.75) is 85.7 Å². The minimum Gasteiger partial charge on any atom is -0.466 e. The van der Waals surface area contributed by atoms with Crippen LogP contribution < -0.4 is 5.32 Å². The summed E-state index contributed by atoms with van der Waals surface area (Å²) in [5.74, 6) is -1.56. The zero-order valence-electron chi connectivity index (χ0n) is 18.5. The molecule has 1 atom stereocenters. The Hall–Kier alpha value is -2.12. The first kappa shape index (κ1) is 26.9. The van der Waals surface area contributed by atoms with E-state index in [9.17, 15) is 19.2 Å². The third-order valence-electron chi connectivity index (χ3n) is 4.05. The molecule has 8 heteroatoms. The fourth-order valence-corrected chi connectivity index (χ4v) is 2.42. The Morgan fingerprint density at radius 1 is 0.828 bits per heavy atom. The predicted molar refractivity (Wildman–Crippen MR) is 108 cm³/mol. The van der Waals surface area contributed by atoms with Gasteiger partial charge in [0.1, 0.15) is 6.61 Å². The summed E-state index contributed by atoms with van der Waals surface area (Å²) in [5.41, 5.74) is -0.898. The number of carbonyl (C=O) groups is 4. The summed E-state index contributed by atoms with van der Waals surface area (Å²) in [6, 6.07) is 0. The van der Waals surface area contributed by atoms with Crippen LogP contribution in [0.1, 0.15) is 79.6 Å². The Bertz CT molecular complexity index is 531. The molecule has 0 aliphatic carbocycles. The molecule has 0 bridgehead atoms. The molecule has 0 heterocycles. The van der Waals surface area contributed by atoms with Crippen molar-refractivity contribution in [2.75, 3.05) is 19.8 Å². The molecule has 1 N–H and O–H groups in total. The molecule has 0 aromatic carbocycles. The number of carbonyl (C=O) groups excluding carboxylic acids is 4. The molecule has 8 nitrogen and oxygen atoms in total. The van der Waals surface area contributed by atoms with Crippen molar-refractivity contribution in [2.24, 2.45) is 5.41 Å². The summed E-state index contributed by atoms with van der Waals surface area (Å²) in [7, 11) is 0. The van der Waals surface area contributed by atoms with E-state index in [1.165, 1.54) is 0 Å². The van der Waals surface area contributed by atoms with Crippen molar-refractivity contribution in [1.82, 2.24) is 5.32 Å². The van der Waals surface area contributed by atoms with Gasteiger partial charge in [0, 0.05) is 31.2 Å². The van der Waals surface area contributed by atoms with Gasteiger partial charge in [0.05, 0.1) is 6.61 Å². The summed E-state index contributed by atoms with van der Waals surface area (Å²) in [6.45, 7) is 9.46. The Balaban J connectivity index is 4.79. The van der Waals surface area contributed by atoms with Crippen molar-refractivity contribution in [3.63, 3.8) is 0 Å². The van der Waals surface area contributed by atoms with Gasteiger partial charge in [0.15, 0.2) is 6.10 Å². The molecule has 1 amide bonds. The molecule has 0 aromatic heterocycles. The van der Waals surface area contributed by atoms with Gasteiger partial charge in [0.25, 0.3) is 5.91 Å². The molecule has 0 aliphatic rings. The van der Waals surface area contributed by atoms with Crippen molar-refractivity contribution in [3.05, 3.63) is 0 Å². The highest BCUT2D eigenvalue weighted by Gasteiger charge is 2.39. The monoisotopic (exact) mass is 415 g/mol. The maximum atomic E-state index is 12.7. The van der Waals surface area contributed by atoms with E-state index >= 15 is 0 Å². The van der Waals surface area contributed by atoms with Crippen LogP contribution in [0, 0.1) is 5.41 Å². The second kappa shape index (κ2) is 14.8. The lowest BCUT2D eigenvalue weighted by Gasteiger charge is -2.32. The minimum atomic E-state index is -1.10. The fourth-order valence-electron chi connectivity index (χ4n) is 2.42. The third-order valence-corrected chi connectivity index (χ3v) is 4.05. The summed E-state index contributed by atoms with van der Waals surface area (Å²) in [4.78, 5) is 47.7. The summed E-state index contributed by atoms with van der Waals surface area (Å²) in [6.07, 6.45) is 2.19. The minimum absolute atomic E-state index is 0.0437. The van der Waals surface area contributed by atoms with Crippen LogP contribution in [0.3, 0.4) is 0 Å². The van der Waals surface area contributed by atoms with Gasteiger partial charge >= 0.3 is 17.9 Å². The van der Waals surface area contributed by atoms with Gasteiger partial charge in [-0.2, -0.15) is 0 Å². The Kier molecular flexibility index (Phi) is 13.7. The van der Waals surface area contributed by atoms with Gasteiger partial charge in [-0.05, 0) is 25.7 Å². The van der Waals surface area contributed by atoms with E-state index < -0.39 is 23.4 Å². The summed E-state index contributed by atoms with van der Waals surface area (Å²) < 4.78 is 15.7. The predicted octanol–water partition coefficient (Wildman–Crippen LogP) is 2.92. The first-order chi connectivity index (χ1) is 13.7. The molecule has 0 radical (unpaired) electrons. The standard InChI is InChI=1S/C21H37NO7/c1-6-10-16(23)27-14-9-13-22-20(26)19(29-18(25)12-8-3)21(4,5)15-28-17(24)11-7-2/h19H,6-15H2,1-5H3,(H,22,26). The van der Waals surface area contributed by atoms with Crippen LogP contribution in [0.25, 0.3) is 0 Å². The molecule has 0 saturated carbocycles. The fraction of sp³-hybridized carbons (Fsp3) is 0.810. The van der Waals surface area contributed by atoms with Crippen LogP contribution in [0.15, 0.2) is 0 Å². The molecule has 29 heavy (non-hydrogen) atoms. The molecule has 1 unspecified atom stereocenters. The highest BCUT2D eigenvalue weighted by Crippen LogP contribution is 2.25. The van der Waals surface area contributed by atoms with E-state index in [2.05, 4.69) is 5.32 Å². The van der Waals surface area contributed by atoms with E-state index in [1.54, 1.807) is 13.8 Å². The molecule has 0 fully saturated rings. The second-order valence-electron chi connectivity index (χ2n) is 7.63. The van der Waals surface area contributed by atoms with Gasteiger partial charge in [-0.15, -0.1) is 0 Å². The van der Waals surface area contributed by atoms with E-state index in [4.69, 9.17) is 14.2 Å². The molecule has 0 saturated heterocycles. The van der Waals surface area contributed by atoms with Crippen molar-refractivity contribution >= 4 is 23.8 Å². The lowest BCUT2D eigenvalue weighted by molar-refractivity contribution is -0.169. The third kappa shape index (κ3) is 12.1. The second-order valence-corrected chi connectivity index (χ2v) is 7.63. The van der Waals surface area contributed by atoms with Crippen molar-refractivity contribution in [1.29, 1.82) is 0 Å². The van der Waals surface area contributed by atoms with Crippen LogP contribution in [0.2, 0.25) is 0 Å². The van der Waals surface area contributed by atoms with Crippen LogP contribution >= 0.6 is 0 Å². The highest BCUT2D eigenvalue weighted by atomic mass is 16.6. The van der Waals surface area contributed by atoms with Gasteiger partial charge < -0.3 is 19.5 Å². The average molecular weight is 416 g/mol. The van der Waals surface area contributed by atoms with Crippen LogP contribution in [0.5, 0.6) is 0 Å². The number of rotatable bonds is 15. The molecular formula is C21H37NO7. The van der Waals surface area contributed by atoms with E-state index in [0.29, 0.717) is 32.1 Å². The first-order valence-corrected chi connectivity index (χ1v) is 10.5. The van der Waals surface area contributed by atoms with Crippen molar-refractivity contribution in [3.8, 4) is 0 Å². The van der Waals surface area contributed by atoms with E-state index in [0.717, 1.165) is 6.42 Å². The molecule has 0 spiro atoms. The van der Waals surface area contributed by atoms with Gasteiger partial charge in [-0.25, -0.2) is 0 Å². The van der Waals surface area contributed by atoms with Crippen LogP contribution in [-0.4, -0.2) is 49.7 Å². The largest absolute Gasteiger partial charge is 0.466 e. The quantitative estimate of drug-likeness (QED) is 0.249. The van der Waals surface area contributed by atoms with Gasteiger partial charge in [0.2, 0.25) is 0 Å². The maximum Gasteiger partial charge on any atom is 0.306 e. The number of hydrogen-bond donors (Lipinski definition) is 1. The van der Waals surface area contributed by atoms with E-state index in [1.807, 2.05) is 20.8 Å². The van der Waals surface area contributed by atoms with E-state index in [-0.39, 0.29) is 38.1 Å². The molecule has 0 aliphatic heterocycles. The lowest BCUT2D eigenvalue weighted by atomic mass is 9.86. The number of amides is 1. The molecule has 168 valence electrons. The lowest BCUT2D eigenvalue weighted by Crippen LogP contribution is -2.49. The Morgan fingerprint density at radius 2 is 1.34 bits per heavy atom. The zero-order chi connectivity index (χ0) is 22.3. The summed E-state index contributed by atoms with van der Waals surface area (Å²) >= 11 is 0. The molecule has 0 rings (SSSR count).